The van der Waals surface area contributed by atoms with E-state index in [0.29, 0.717) is 10.5 Å². The molecule has 1 atom stereocenters. The summed E-state index contributed by atoms with van der Waals surface area (Å²) in [6.45, 7) is 0. The van der Waals surface area contributed by atoms with Crippen molar-refractivity contribution in [2.45, 2.75) is 10.9 Å². The highest BCUT2D eigenvalue weighted by molar-refractivity contribution is 8.14. The van der Waals surface area contributed by atoms with Crippen LogP contribution in [0, 0.1) is 0 Å². The third kappa shape index (κ3) is 4.14. The zero-order valence-electron chi connectivity index (χ0n) is 13.5. The first-order chi connectivity index (χ1) is 12.7. The summed E-state index contributed by atoms with van der Waals surface area (Å²) in [4.78, 5) is 25.0. The molecular formula is C18H12F3NO3S2. The van der Waals surface area contributed by atoms with Gasteiger partial charge in [-0.2, -0.15) is 13.2 Å². The van der Waals surface area contributed by atoms with Crippen molar-refractivity contribution in [3.63, 3.8) is 0 Å². The molecule has 0 bridgehead atoms. The molecule has 4 nitrogen and oxygen atoms in total. The van der Waals surface area contributed by atoms with E-state index in [9.17, 15) is 22.8 Å². The van der Waals surface area contributed by atoms with Crippen LogP contribution in [0.15, 0.2) is 53.4 Å². The van der Waals surface area contributed by atoms with Gasteiger partial charge in [0, 0.05) is 5.69 Å². The molecule has 2 aromatic rings. The van der Waals surface area contributed by atoms with Crippen molar-refractivity contribution < 1.29 is 27.9 Å². The van der Waals surface area contributed by atoms with E-state index >= 15 is 0 Å². The molecule has 2 aromatic carbocycles. The number of thiol groups is 1. The van der Waals surface area contributed by atoms with E-state index in [-0.39, 0.29) is 11.3 Å². The lowest BCUT2D eigenvalue weighted by Gasteiger charge is -2.20. The Balaban J connectivity index is 1.89. The van der Waals surface area contributed by atoms with Crippen molar-refractivity contribution in [2.24, 2.45) is 0 Å². The topological polar surface area (TPSA) is 57.6 Å². The van der Waals surface area contributed by atoms with Crippen molar-refractivity contribution >= 4 is 48.0 Å². The SMILES string of the molecule is O=C(O)c1ccc(/C=C2/SC(S)N(c3cccc(C(F)(F)F)c3)C2=O)cc1. The quantitative estimate of drug-likeness (QED) is 0.566. The van der Waals surface area contributed by atoms with Gasteiger partial charge in [0.05, 0.1) is 16.0 Å². The minimum atomic E-state index is -4.51. The van der Waals surface area contributed by atoms with Crippen molar-refractivity contribution in [2.75, 3.05) is 4.90 Å². The number of rotatable bonds is 3. The van der Waals surface area contributed by atoms with Gasteiger partial charge in [0.1, 0.15) is 4.71 Å². The Morgan fingerprint density at radius 3 is 2.44 bits per heavy atom. The largest absolute Gasteiger partial charge is 0.478 e. The number of hydrogen-bond donors (Lipinski definition) is 2. The summed E-state index contributed by atoms with van der Waals surface area (Å²) in [5.41, 5.74) is -0.0329. The molecule has 0 aromatic heterocycles. The number of thioether (sulfide) groups is 1. The van der Waals surface area contributed by atoms with Gasteiger partial charge < -0.3 is 5.11 Å². The van der Waals surface area contributed by atoms with Crippen molar-refractivity contribution in [3.05, 3.63) is 70.1 Å². The van der Waals surface area contributed by atoms with E-state index in [2.05, 4.69) is 12.6 Å². The Morgan fingerprint density at radius 2 is 1.85 bits per heavy atom. The second-order valence-corrected chi connectivity index (χ2v) is 7.56. The molecule has 3 rings (SSSR count). The number of benzene rings is 2. The molecule has 9 heteroatoms. The lowest BCUT2D eigenvalue weighted by atomic mass is 10.1. The third-order valence-electron chi connectivity index (χ3n) is 3.79. The summed E-state index contributed by atoms with van der Waals surface area (Å²) in [7, 11) is 0. The maximum absolute atomic E-state index is 12.9. The predicted molar refractivity (Wildman–Crippen MR) is 101 cm³/mol. The van der Waals surface area contributed by atoms with Crippen LogP contribution >= 0.6 is 24.4 Å². The van der Waals surface area contributed by atoms with Gasteiger partial charge in [0.2, 0.25) is 0 Å². The van der Waals surface area contributed by atoms with Gasteiger partial charge in [-0.05, 0) is 42.0 Å². The smallest absolute Gasteiger partial charge is 0.416 e. The Morgan fingerprint density at radius 1 is 1.19 bits per heavy atom. The predicted octanol–water partition coefficient (Wildman–Crippen LogP) is 4.74. The molecule has 1 aliphatic heterocycles. The number of carboxylic acid groups (broad SMARTS) is 1. The minimum absolute atomic E-state index is 0.104. The Labute approximate surface area is 162 Å². The van der Waals surface area contributed by atoms with Crippen molar-refractivity contribution in [1.82, 2.24) is 0 Å². The number of halogens is 3. The summed E-state index contributed by atoms with van der Waals surface area (Å²) < 4.78 is 38.1. The van der Waals surface area contributed by atoms with E-state index in [1.807, 2.05) is 0 Å². The molecule has 0 aliphatic carbocycles. The number of carbonyl (C=O) groups excluding carboxylic acids is 1. The number of anilines is 1. The van der Waals surface area contributed by atoms with E-state index in [1.165, 1.54) is 29.2 Å². The average Bonchev–Trinajstić information content (AvgIpc) is 2.88. The monoisotopic (exact) mass is 411 g/mol. The number of carboxylic acids is 1. The number of alkyl halides is 3. The fraction of sp³-hybridized carbons (Fsp3) is 0.111. The highest BCUT2D eigenvalue weighted by Gasteiger charge is 2.37. The van der Waals surface area contributed by atoms with Crippen LogP contribution in [0.5, 0.6) is 0 Å². The first kappa shape index (κ1) is 19.4. The Bertz CT molecular complexity index is 926. The highest BCUT2D eigenvalue weighted by atomic mass is 32.2. The van der Waals surface area contributed by atoms with Gasteiger partial charge >= 0.3 is 12.1 Å². The van der Waals surface area contributed by atoms with E-state index < -0.39 is 28.3 Å². The maximum atomic E-state index is 12.9. The van der Waals surface area contributed by atoms with Gasteiger partial charge in [-0.15, -0.1) is 12.6 Å². The molecule has 1 aliphatic rings. The summed E-state index contributed by atoms with van der Waals surface area (Å²) in [6.07, 6.45) is -2.96. The second-order valence-electron chi connectivity index (χ2n) is 5.60. The number of hydrogen-bond acceptors (Lipinski definition) is 4. The Hall–Kier alpha value is -2.39. The van der Waals surface area contributed by atoms with Crippen LogP contribution in [-0.4, -0.2) is 21.7 Å². The molecule has 27 heavy (non-hydrogen) atoms. The molecule has 1 unspecified atom stereocenters. The zero-order chi connectivity index (χ0) is 19.8. The number of carbonyl (C=O) groups is 2. The normalized spacial score (nSPS) is 19.0. The first-order valence-corrected chi connectivity index (χ1v) is 8.97. The molecule has 1 saturated heterocycles. The van der Waals surface area contributed by atoms with Gasteiger partial charge in [0.25, 0.3) is 5.91 Å². The lowest BCUT2D eigenvalue weighted by Crippen LogP contribution is -2.29. The van der Waals surface area contributed by atoms with Crippen molar-refractivity contribution in [1.29, 1.82) is 0 Å². The second kappa shape index (κ2) is 7.32. The summed E-state index contributed by atoms with van der Waals surface area (Å²) >= 11 is 5.40. The summed E-state index contributed by atoms with van der Waals surface area (Å²) in [5, 5.41) is 8.91. The van der Waals surface area contributed by atoms with Gasteiger partial charge in [-0.1, -0.05) is 30.0 Å². The highest BCUT2D eigenvalue weighted by Crippen LogP contribution is 2.42. The molecule has 0 spiro atoms. The van der Waals surface area contributed by atoms with Gasteiger partial charge in [-0.25, -0.2) is 4.79 Å². The molecule has 1 heterocycles. The molecular weight excluding hydrogens is 399 g/mol. The van der Waals surface area contributed by atoms with E-state index in [0.717, 1.165) is 23.9 Å². The molecule has 140 valence electrons. The molecule has 1 amide bonds. The van der Waals surface area contributed by atoms with Crippen LogP contribution in [0.3, 0.4) is 0 Å². The number of nitrogens with zero attached hydrogens (tertiary/aromatic N) is 1. The maximum Gasteiger partial charge on any atom is 0.416 e. The van der Waals surface area contributed by atoms with Crippen LogP contribution in [-0.2, 0) is 11.0 Å². The van der Waals surface area contributed by atoms with Crippen LogP contribution < -0.4 is 4.90 Å². The van der Waals surface area contributed by atoms with Crippen molar-refractivity contribution in [3.8, 4) is 0 Å². The number of amides is 1. The minimum Gasteiger partial charge on any atom is -0.478 e. The summed E-state index contributed by atoms with van der Waals surface area (Å²) in [6, 6.07) is 10.4. The van der Waals surface area contributed by atoms with E-state index in [1.54, 1.807) is 18.2 Å². The fourth-order valence-corrected chi connectivity index (χ4v) is 4.01. The zero-order valence-corrected chi connectivity index (χ0v) is 15.2. The summed E-state index contributed by atoms with van der Waals surface area (Å²) in [5.74, 6) is -1.53. The van der Waals surface area contributed by atoms with Gasteiger partial charge in [-0.3, -0.25) is 9.69 Å². The first-order valence-electron chi connectivity index (χ1n) is 7.57. The molecule has 0 saturated carbocycles. The van der Waals surface area contributed by atoms with Crippen LogP contribution in [0.2, 0.25) is 0 Å². The molecule has 1 fully saturated rings. The van der Waals surface area contributed by atoms with Crippen LogP contribution in [0.25, 0.3) is 6.08 Å². The average molecular weight is 411 g/mol. The van der Waals surface area contributed by atoms with E-state index in [4.69, 9.17) is 5.11 Å². The number of aromatic carboxylic acids is 1. The van der Waals surface area contributed by atoms with Crippen LogP contribution in [0.1, 0.15) is 21.5 Å². The van der Waals surface area contributed by atoms with Gasteiger partial charge in [0.15, 0.2) is 0 Å². The molecule has 0 radical (unpaired) electrons. The standard InChI is InChI=1S/C18H12F3NO3S2/c19-18(20,21)12-2-1-3-13(9-12)22-15(23)14(27-17(22)26)8-10-4-6-11(7-5-10)16(24)25/h1-9,17,26H,(H,24,25)/b14-8+. The lowest BCUT2D eigenvalue weighted by molar-refractivity contribution is -0.137. The fourth-order valence-electron chi connectivity index (χ4n) is 2.48. The molecule has 1 N–H and O–H groups in total. The van der Waals surface area contributed by atoms with Crippen LogP contribution in [0.4, 0.5) is 18.9 Å². The third-order valence-corrected chi connectivity index (χ3v) is 5.31. The Kier molecular flexibility index (Phi) is 5.25.